The Balaban J connectivity index is 2.08. The average Bonchev–Trinajstić information content (AvgIpc) is 2.99. The number of hydrogen-bond acceptors (Lipinski definition) is 8. The van der Waals surface area contributed by atoms with Crippen molar-refractivity contribution in [3.8, 4) is 5.75 Å². The van der Waals surface area contributed by atoms with Crippen molar-refractivity contribution in [2.75, 3.05) is 13.2 Å². The maximum atomic E-state index is 14.5. The standard InChI is InChI=1S/C38H49N3O8/c1-25-12-11-15-28(22-25)32(33(44)39-31(35(46)48-37(2,3)4)24-26-13-9-8-10-14-26)41(20-21-42)34(45)30(40-36(47)49-38(5,6)7)23-27-16-18-29(43)19-17-27/h8-19,22,30-32,42-43H,20-21,23-24H2,1-7H3,(H,39,44)(H,40,47). The highest BCUT2D eigenvalue weighted by Gasteiger charge is 2.38. The van der Waals surface area contributed by atoms with Crippen LogP contribution in [0.3, 0.4) is 0 Å². The summed E-state index contributed by atoms with van der Waals surface area (Å²) in [6.07, 6.45) is -0.741. The predicted octanol–water partition coefficient (Wildman–Crippen LogP) is 4.77. The minimum atomic E-state index is -1.32. The van der Waals surface area contributed by atoms with Crippen molar-refractivity contribution in [2.24, 2.45) is 0 Å². The highest BCUT2D eigenvalue weighted by atomic mass is 16.6. The summed E-state index contributed by atoms with van der Waals surface area (Å²) < 4.78 is 11.1. The molecule has 0 aliphatic rings. The van der Waals surface area contributed by atoms with Gasteiger partial charge in [0.05, 0.1) is 6.61 Å². The van der Waals surface area contributed by atoms with Gasteiger partial charge in [-0.25, -0.2) is 9.59 Å². The second-order valence-electron chi connectivity index (χ2n) is 13.9. The maximum Gasteiger partial charge on any atom is 0.408 e. The number of hydrogen-bond donors (Lipinski definition) is 4. The molecule has 4 N–H and O–H groups in total. The Kier molecular flexibility index (Phi) is 13.3. The smallest absolute Gasteiger partial charge is 0.408 e. The third-order valence-corrected chi connectivity index (χ3v) is 7.20. The fourth-order valence-corrected chi connectivity index (χ4v) is 5.17. The maximum absolute atomic E-state index is 14.5. The van der Waals surface area contributed by atoms with Crippen LogP contribution in [-0.4, -0.2) is 75.4 Å². The molecule has 11 nitrogen and oxygen atoms in total. The predicted molar refractivity (Wildman–Crippen MR) is 186 cm³/mol. The molecule has 0 spiro atoms. The number of benzene rings is 3. The molecule has 0 saturated heterocycles. The van der Waals surface area contributed by atoms with Crippen molar-refractivity contribution in [1.82, 2.24) is 15.5 Å². The van der Waals surface area contributed by atoms with Crippen molar-refractivity contribution < 1.29 is 38.9 Å². The fourth-order valence-electron chi connectivity index (χ4n) is 5.17. The van der Waals surface area contributed by atoms with Gasteiger partial charge in [0, 0.05) is 19.4 Å². The molecule has 0 aromatic heterocycles. The summed E-state index contributed by atoms with van der Waals surface area (Å²) >= 11 is 0. The monoisotopic (exact) mass is 675 g/mol. The van der Waals surface area contributed by atoms with Crippen LogP contribution in [-0.2, 0) is 36.7 Å². The molecular weight excluding hydrogens is 626 g/mol. The van der Waals surface area contributed by atoms with Crippen LogP contribution in [0, 0.1) is 6.92 Å². The molecule has 0 bridgehead atoms. The van der Waals surface area contributed by atoms with Crippen LogP contribution in [0.2, 0.25) is 0 Å². The number of aromatic hydroxyl groups is 1. The summed E-state index contributed by atoms with van der Waals surface area (Å²) in [4.78, 5) is 56.6. The first-order chi connectivity index (χ1) is 23.0. The van der Waals surface area contributed by atoms with Crippen LogP contribution in [0.1, 0.15) is 69.8 Å². The second kappa shape index (κ2) is 17.0. The lowest BCUT2D eigenvalue weighted by molar-refractivity contribution is -0.159. The Morgan fingerprint density at radius 2 is 1.35 bits per heavy atom. The third-order valence-electron chi connectivity index (χ3n) is 7.20. The van der Waals surface area contributed by atoms with Crippen LogP contribution in [0.5, 0.6) is 5.75 Å². The number of aliphatic hydroxyl groups is 1. The summed E-state index contributed by atoms with van der Waals surface area (Å²) in [5.74, 6) is -1.98. The first-order valence-electron chi connectivity index (χ1n) is 16.3. The Morgan fingerprint density at radius 3 is 1.92 bits per heavy atom. The summed E-state index contributed by atoms with van der Waals surface area (Å²) in [6.45, 7) is 11.3. The van der Waals surface area contributed by atoms with Gasteiger partial charge >= 0.3 is 12.1 Å². The minimum Gasteiger partial charge on any atom is -0.508 e. The number of carbonyl (C=O) groups excluding carboxylic acids is 4. The number of alkyl carbamates (subject to hydrolysis) is 1. The van der Waals surface area contributed by atoms with Gasteiger partial charge in [-0.2, -0.15) is 0 Å². The SMILES string of the molecule is Cc1cccc(C(C(=O)NC(Cc2ccccc2)C(=O)OC(C)(C)C)N(CCO)C(=O)C(Cc2ccc(O)cc2)NC(=O)OC(C)(C)C)c1. The number of nitrogens with one attached hydrogen (secondary N) is 2. The molecular formula is C38H49N3O8. The van der Waals surface area contributed by atoms with Crippen molar-refractivity contribution in [3.63, 3.8) is 0 Å². The Bertz CT molecular complexity index is 1560. The van der Waals surface area contributed by atoms with Gasteiger partial charge in [-0.15, -0.1) is 0 Å². The molecule has 0 heterocycles. The zero-order valence-electron chi connectivity index (χ0n) is 29.4. The van der Waals surface area contributed by atoms with Crippen molar-refractivity contribution in [3.05, 3.63) is 101 Å². The number of amides is 3. The van der Waals surface area contributed by atoms with E-state index in [2.05, 4.69) is 10.6 Å². The first kappa shape index (κ1) is 38.5. The average molecular weight is 676 g/mol. The minimum absolute atomic E-state index is 0.0169. The molecule has 3 aromatic carbocycles. The molecule has 3 unspecified atom stereocenters. The van der Waals surface area contributed by atoms with E-state index in [1.165, 1.54) is 17.0 Å². The topological polar surface area (TPSA) is 154 Å². The number of nitrogens with zero attached hydrogens (tertiary/aromatic N) is 1. The number of aliphatic hydroxyl groups excluding tert-OH is 1. The van der Waals surface area contributed by atoms with Gasteiger partial charge < -0.3 is 35.2 Å². The lowest BCUT2D eigenvalue weighted by Gasteiger charge is -2.35. The van der Waals surface area contributed by atoms with Gasteiger partial charge in [0.1, 0.15) is 35.1 Å². The lowest BCUT2D eigenvalue weighted by atomic mass is 9.98. The van der Waals surface area contributed by atoms with Crippen molar-refractivity contribution in [2.45, 2.75) is 90.6 Å². The normalized spacial score (nSPS) is 13.4. The number of phenols is 1. The van der Waals surface area contributed by atoms with Crippen LogP contribution in [0.15, 0.2) is 78.9 Å². The van der Waals surface area contributed by atoms with E-state index in [4.69, 9.17) is 9.47 Å². The van der Waals surface area contributed by atoms with E-state index >= 15 is 0 Å². The molecule has 0 aliphatic carbocycles. The van der Waals surface area contributed by atoms with Crippen molar-refractivity contribution >= 4 is 23.9 Å². The van der Waals surface area contributed by atoms with E-state index in [0.29, 0.717) is 11.1 Å². The van der Waals surface area contributed by atoms with Crippen molar-refractivity contribution in [1.29, 1.82) is 0 Å². The summed E-state index contributed by atoms with van der Waals surface area (Å²) in [5.41, 5.74) is 0.945. The summed E-state index contributed by atoms with van der Waals surface area (Å²) in [6, 6.07) is 18.7. The molecule has 0 fully saturated rings. The lowest BCUT2D eigenvalue weighted by Crippen LogP contribution is -2.56. The van der Waals surface area contributed by atoms with Crippen LogP contribution >= 0.6 is 0 Å². The molecule has 3 atom stereocenters. The van der Waals surface area contributed by atoms with Gasteiger partial charge in [0.15, 0.2) is 0 Å². The third kappa shape index (κ3) is 12.6. The highest BCUT2D eigenvalue weighted by molar-refractivity contribution is 5.94. The number of esters is 1. The molecule has 3 amide bonds. The van der Waals surface area contributed by atoms with Gasteiger partial charge in [0.25, 0.3) is 0 Å². The van der Waals surface area contributed by atoms with Gasteiger partial charge in [-0.3, -0.25) is 9.59 Å². The number of rotatable bonds is 13. The quantitative estimate of drug-likeness (QED) is 0.189. The number of phenolic OH excluding ortho intramolecular Hbond substituents is 1. The Labute approximate surface area is 288 Å². The van der Waals surface area contributed by atoms with E-state index < -0.39 is 59.8 Å². The fraction of sp³-hybridized carbons (Fsp3) is 0.421. The molecule has 0 aliphatic heterocycles. The second-order valence-corrected chi connectivity index (χ2v) is 13.9. The Hall–Kier alpha value is -4.90. The van der Waals surface area contributed by atoms with E-state index in [1.807, 2.05) is 43.3 Å². The van der Waals surface area contributed by atoms with E-state index in [1.54, 1.807) is 71.9 Å². The molecule has 0 radical (unpaired) electrons. The number of aryl methyl sites for hydroxylation is 1. The Morgan fingerprint density at radius 1 is 0.755 bits per heavy atom. The van der Waals surface area contributed by atoms with E-state index in [9.17, 15) is 29.4 Å². The van der Waals surface area contributed by atoms with E-state index in [-0.39, 0.29) is 25.1 Å². The summed E-state index contributed by atoms with van der Waals surface area (Å²) in [5, 5.41) is 25.5. The molecule has 264 valence electrons. The van der Waals surface area contributed by atoms with Gasteiger partial charge in [-0.1, -0.05) is 72.3 Å². The van der Waals surface area contributed by atoms with Gasteiger partial charge in [0.2, 0.25) is 11.8 Å². The van der Waals surface area contributed by atoms with Crippen LogP contribution < -0.4 is 10.6 Å². The van der Waals surface area contributed by atoms with Crippen LogP contribution in [0.4, 0.5) is 4.79 Å². The number of ether oxygens (including phenoxy) is 2. The molecule has 49 heavy (non-hydrogen) atoms. The zero-order chi connectivity index (χ0) is 36.4. The molecule has 0 saturated carbocycles. The van der Waals surface area contributed by atoms with E-state index in [0.717, 1.165) is 11.1 Å². The molecule has 3 aromatic rings. The van der Waals surface area contributed by atoms with Gasteiger partial charge in [-0.05, 0) is 77.3 Å². The molecule has 11 heteroatoms. The molecule has 3 rings (SSSR count). The zero-order valence-corrected chi connectivity index (χ0v) is 29.4. The summed E-state index contributed by atoms with van der Waals surface area (Å²) in [7, 11) is 0. The first-order valence-corrected chi connectivity index (χ1v) is 16.3. The van der Waals surface area contributed by atoms with Crippen LogP contribution in [0.25, 0.3) is 0 Å². The number of carbonyl (C=O) groups is 4. The largest absolute Gasteiger partial charge is 0.508 e. The highest BCUT2D eigenvalue weighted by Crippen LogP contribution is 2.25.